The molecular formula is C23H34O3. The molecule has 1 saturated heterocycles. The molecular weight excluding hydrogens is 324 g/mol. The van der Waals surface area contributed by atoms with E-state index in [4.69, 9.17) is 9.47 Å². The van der Waals surface area contributed by atoms with E-state index in [2.05, 4.69) is 51.1 Å². The van der Waals surface area contributed by atoms with Crippen LogP contribution in [0.15, 0.2) is 30.3 Å². The lowest BCUT2D eigenvalue weighted by Gasteiger charge is -2.11. The molecule has 0 saturated carbocycles. The molecule has 1 aliphatic rings. The molecule has 0 aromatic heterocycles. The summed E-state index contributed by atoms with van der Waals surface area (Å²) in [5.74, 6) is -0.191. The van der Waals surface area contributed by atoms with E-state index < -0.39 is 5.60 Å². The van der Waals surface area contributed by atoms with Gasteiger partial charge in [-0.1, -0.05) is 82.9 Å². The van der Waals surface area contributed by atoms with Gasteiger partial charge in [0, 0.05) is 0 Å². The number of carbonyl (C=O) groups is 1. The maximum atomic E-state index is 12.5. The number of carbonyl (C=O) groups excluding carboxylic acids is 1. The van der Waals surface area contributed by atoms with E-state index in [1.54, 1.807) is 0 Å². The van der Waals surface area contributed by atoms with Crippen LogP contribution in [-0.2, 0) is 20.7 Å². The molecule has 0 N–H and O–H groups in total. The molecule has 0 radical (unpaired) electrons. The predicted octanol–water partition coefficient (Wildman–Crippen LogP) is 5.71. The third-order valence-corrected chi connectivity index (χ3v) is 4.98. The van der Waals surface area contributed by atoms with Crippen LogP contribution in [0.3, 0.4) is 0 Å². The molecule has 1 heterocycles. The van der Waals surface area contributed by atoms with Crippen LogP contribution in [0.25, 0.3) is 6.08 Å². The van der Waals surface area contributed by atoms with Crippen LogP contribution in [-0.4, -0.2) is 24.3 Å². The van der Waals surface area contributed by atoms with Gasteiger partial charge in [0.1, 0.15) is 6.10 Å². The Labute approximate surface area is 158 Å². The normalized spacial score (nSPS) is 21.9. The van der Waals surface area contributed by atoms with Gasteiger partial charge in [0.2, 0.25) is 0 Å². The van der Waals surface area contributed by atoms with Gasteiger partial charge in [-0.25, -0.2) is 4.79 Å². The molecule has 1 aliphatic heterocycles. The summed E-state index contributed by atoms with van der Waals surface area (Å²) in [6.45, 7) is 6.92. The van der Waals surface area contributed by atoms with E-state index in [1.807, 2.05) is 6.08 Å². The van der Waals surface area contributed by atoms with Crippen LogP contribution in [0.2, 0.25) is 0 Å². The first-order valence-electron chi connectivity index (χ1n) is 10.3. The number of hydrogen-bond donors (Lipinski definition) is 0. The molecule has 0 aliphatic carbocycles. The van der Waals surface area contributed by atoms with E-state index in [-0.39, 0.29) is 12.1 Å². The Morgan fingerprint density at radius 1 is 1.08 bits per heavy atom. The van der Waals surface area contributed by atoms with E-state index in [9.17, 15) is 4.79 Å². The van der Waals surface area contributed by atoms with Gasteiger partial charge in [0.25, 0.3) is 0 Å². The second-order valence-corrected chi connectivity index (χ2v) is 7.23. The van der Waals surface area contributed by atoms with Crippen molar-refractivity contribution in [2.75, 3.05) is 6.61 Å². The number of epoxide rings is 1. The first-order valence-corrected chi connectivity index (χ1v) is 10.3. The van der Waals surface area contributed by atoms with Crippen molar-refractivity contribution in [3.63, 3.8) is 0 Å². The second-order valence-electron chi connectivity index (χ2n) is 7.23. The lowest BCUT2D eigenvalue weighted by molar-refractivity contribution is -0.150. The quantitative estimate of drug-likeness (QED) is 0.273. The SMILES string of the molecule is CCCCOC(=O)C1(CCCC)OC1C=Cc1ccc(CCCC)cc1. The summed E-state index contributed by atoms with van der Waals surface area (Å²) >= 11 is 0. The number of hydrogen-bond acceptors (Lipinski definition) is 3. The highest BCUT2D eigenvalue weighted by Crippen LogP contribution is 2.43. The molecule has 2 rings (SSSR count). The van der Waals surface area contributed by atoms with E-state index >= 15 is 0 Å². The van der Waals surface area contributed by atoms with Crippen molar-refractivity contribution >= 4 is 12.0 Å². The van der Waals surface area contributed by atoms with Crippen LogP contribution >= 0.6 is 0 Å². The highest BCUT2D eigenvalue weighted by Gasteiger charge is 2.61. The average Bonchev–Trinajstić information content (AvgIpc) is 3.38. The Hall–Kier alpha value is -1.61. The number of rotatable bonds is 12. The summed E-state index contributed by atoms with van der Waals surface area (Å²) in [4.78, 5) is 12.5. The van der Waals surface area contributed by atoms with Gasteiger partial charge >= 0.3 is 5.97 Å². The zero-order valence-electron chi connectivity index (χ0n) is 16.6. The van der Waals surface area contributed by atoms with Crippen molar-refractivity contribution in [3.8, 4) is 0 Å². The highest BCUT2D eigenvalue weighted by molar-refractivity contribution is 5.84. The summed E-state index contributed by atoms with van der Waals surface area (Å²) < 4.78 is 11.3. The largest absolute Gasteiger partial charge is 0.463 e. The molecule has 0 amide bonds. The summed E-state index contributed by atoms with van der Waals surface area (Å²) in [7, 11) is 0. The van der Waals surface area contributed by atoms with Crippen LogP contribution < -0.4 is 0 Å². The zero-order chi connectivity index (χ0) is 18.8. The summed E-state index contributed by atoms with van der Waals surface area (Å²) in [5, 5.41) is 0. The molecule has 0 spiro atoms. The third kappa shape index (κ3) is 5.70. The maximum absolute atomic E-state index is 12.5. The first kappa shape index (κ1) is 20.7. The second kappa shape index (κ2) is 10.5. The van der Waals surface area contributed by atoms with Gasteiger partial charge in [-0.3, -0.25) is 0 Å². The topological polar surface area (TPSA) is 38.8 Å². The van der Waals surface area contributed by atoms with Crippen LogP contribution in [0.1, 0.15) is 76.8 Å². The van der Waals surface area contributed by atoms with Gasteiger partial charge in [-0.2, -0.15) is 0 Å². The van der Waals surface area contributed by atoms with E-state index in [1.165, 1.54) is 18.4 Å². The minimum Gasteiger partial charge on any atom is -0.463 e. The monoisotopic (exact) mass is 358 g/mol. The van der Waals surface area contributed by atoms with Gasteiger partial charge in [0.15, 0.2) is 5.60 Å². The first-order chi connectivity index (χ1) is 12.7. The van der Waals surface area contributed by atoms with Crippen molar-refractivity contribution in [1.82, 2.24) is 0 Å². The number of unbranched alkanes of at least 4 members (excludes halogenated alkanes) is 3. The van der Waals surface area contributed by atoms with Gasteiger partial charge < -0.3 is 9.47 Å². The Balaban J connectivity index is 1.94. The summed E-state index contributed by atoms with van der Waals surface area (Å²) in [6.07, 6.45) is 12.2. The Bertz CT molecular complexity index is 576. The third-order valence-electron chi connectivity index (χ3n) is 4.98. The molecule has 1 aromatic rings. The molecule has 144 valence electrons. The molecule has 3 heteroatoms. The highest BCUT2D eigenvalue weighted by atomic mass is 16.7. The maximum Gasteiger partial charge on any atom is 0.341 e. The zero-order valence-corrected chi connectivity index (χ0v) is 16.6. The fourth-order valence-electron chi connectivity index (χ4n) is 3.10. The number of ether oxygens (including phenoxy) is 2. The number of aryl methyl sites for hydroxylation is 1. The van der Waals surface area contributed by atoms with E-state index in [0.717, 1.165) is 44.1 Å². The molecule has 2 atom stereocenters. The fraction of sp³-hybridized carbons (Fsp3) is 0.609. The van der Waals surface area contributed by atoms with Crippen molar-refractivity contribution in [2.45, 2.75) is 83.8 Å². The van der Waals surface area contributed by atoms with Gasteiger partial charge in [-0.15, -0.1) is 0 Å². The average molecular weight is 359 g/mol. The summed E-state index contributed by atoms with van der Waals surface area (Å²) in [6, 6.07) is 8.65. The van der Waals surface area contributed by atoms with Gasteiger partial charge in [0.05, 0.1) is 6.61 Å². The van der Waals surface area contributed by atoms with Crippen molar-refractivity contribution < 1.29 is 14.3 Å². The molecule has 1 aromatic carbocycles. The minimum atomic E-state index is -0.749. The molecule has 1 fully saturated rings. The van der Waals surface area contributed by atoms with Crippen LogP contribution in [0.5, 0.6) is 0 Å². The van der Waals surface area contributed by atoms with E-state index in [0.29, 0.717) is 6.61 Å². The number of benzene rings is 1. The predicted molar refractivity (Wildman–Crippen MR) is 107 cm³/mol. The van der Waals surface area contributed by atoms with Crippen molar-refractivity contribution in [1.29, 1.82) is 0 Å². The molecule has 2 unspecified atom stereocenters. The Morgan fingerprint density at radius 3 is 2.42 bits per heavy atom. The molecule has 26 heavy (non-hydrogen) atoms. The van der Waals surface area contributed by atoms with Crippen molar-refractivity contribution in [3.05, 3.63) is 41.5 Å². The lowest BCUT2D eigenvalue weighted by atomic mass is 9.97. The van der Waals surface area contributed by atoms with Crippen molar-refractivity contribution in [2.24, 2.45) is 0 Å². The number of esters is 1. The van der Waals surface area contributed by atoms with Crippen LogP contribution in [0, 0.1) is 0 Å². The smallest absolute Gasteiger partial charge is 0.341 e. The Kier molecular flexibility index (Phi) is 8.37. The summed E-state index contributed by atoms with van der Waals surface area (Å²) in [5.41, 5.74) is 1.77. The van der Waals surface area contributed by atoms with Gasteiger partial charge in [-0.05, 0) is 36.8 Å². The Morgan fingerprint density at radius 2 is 1.77 bits per heavy atom. The molecule has 3 nitrogen and oxygen atoms in total. The molecule has 0 bridgehead atoms. The minimum absolute atomic E-state index is 0.164. The lowest BCUT2D eigenvalue weighted by Crippen LogP contribution is -2.29. The standard InChI is InChI=1S/C23H34O3/c1-4-7-10-19-11-13-20(14-12-19)15-16-21-23(26-21,17-8-5-2)22(24)25-18-9-6-3/h11-16,21H,4-10,17-18H2,1-3H3. The fourth-order valence-corrected chi connectivity index (χ4v) is 3.10. The van der Waals surface area contributed by atoms with Crippen LogP contribution in [0.4, 0.5) is 0 Å².